The molecule has 0 radical (unpaired) electrons. The lowest BCUT2D eigenvalue weighted by Crippen LogP contribution is -2.48. The van der Waals surface area contributed by atoms with Crippen molar-refractivity contribution in [3.05, 3.63) is 24.2 Å². The Kier molecular flexibility index (Phi) is 1.39. The molecule has 0 saturated heterocycles. The highest BCUT2D eigenvalue weighted by Crippen LogP contribution is 2.63. The van der Waals surface area contributed by atoms with Crippen LogP contribution in [0.5, 0.6) is 0 Å². The van der Waals surface area contributed by atoms with Crippen LogP contribution in [0.1, 0.15) is 25.0 Å². The third kappa shape index (κ3) is 0.757. The Balaban J connectivity index is 2.01. The molecule has 3 heteroatoms. The minimum atomic E-state index is -0.657. The molecular formula is C11H12O3. The summed E-state index contributed by atoms with van der Waals surface area (Å²) in [4.78, 5) is 11.1. The van der Waals surface area contributed by atoms with Crippen molar-refractivity contribution in [2.75, 3.05) is 0 Å². The summed E-state index contributed by atoms with van der Waals surface area (Å²) >= 11 is 0. The summed E-state index contributed by atoms with van der Waals surface area (Å²) in [5, 5.41) is 9.14. The normalized spacial score (nSPS) is 39.4. The molecule has 2 bridgehead atoms. The van der Waals surface area contributed by atoms with Crippen LogP contribution in [0.4, 0.5) is 0 Å². The van der Waals surface area contributed by atoms with E-state index in [9.17, 15) is 4.79 Å². The van der Waals surface area contributed by atoms with Crippen LogP contribution in [-0.2, 0) is 10.2 Å². The van der Waals surface area contributed by atoms with E-state index in [0.717, 1.165) is 25.0 Å². The van der Waals surface area contributed by atoms with Crippen molar-refractivity contribution in [1.82, 2.24) is 0 Å². The number of furan rings is 1. The first-order valence-corrected chi connectivity index (χ1v) is 5.01. The van der Waals surface area contributed by atoms with Crippen LogP contribution >= 0.6 is 0 Å². The predicted molar refractivity (Wildman–Crippen MR) is 48.9 cm³/mol. The van der Waals surface area contributed by atoms with Gasteiger partial charge < -0.3 is 9.52 Å². The molecular weight excluding hydrogens is 180 g/mol. The van der Waals surface area contributed by atoms with Gasteiger partial charge in [0.2, 0.25) is 0 Å². The van der Waals surface area contributed by atoms with Gasteiger partial charge in [-0.15, -0.1) is 0 Å². The zero-order valence-electron chi connectivity index (χ0n) is 7.77. The lowest BCUT2D eigenvalue weighted by molar-refractivity contribution is -0.151. The molecule has 1 heterocycles. The molecule has 1 aromatic heterocycles. The van der Waals surface area contributed by atoms with Gasteiger partial charge in [-0.3, -0.25) is 4.79 Å². The van der Waals surface area contributed by atoms with Crippen molar-refractivity contribution in [2.24, 2.45) is 11.8 Å². The number of carboxylic acid groups (broad SMARTS) is 1. The second kappa shape index (κ2) is 2.41. The van der Waals surface area contributed by atoms with Crippen LogP contribution in [0.15, 0.2) is 22.8 Å². The van der Waals surface area contributed by atoms with Gasteiger partial charge in [-0.25, -0.2) is 0 Å². The van der Waals surface area contributed by atoms with Crippen LogP contribution in [0, 0.1) is 11.8 Å². The molecule has 3 nitrogen and oxygen atoms in total. The van der Waals surface area contributed by atoms with E-state index >= 15 is 0 Å². The summed E-state index contributed by atoms with van der Waals surface area (Å²) in [7, 11) is 0. The summed E-state index contributed by atoms with van der Waals surface area (Å²) in [6, 6.07) is 3.76. The van der Waals surface area contributed by atoms with E-state index in [4.69, 9.17) is 9.52 Å². The zero-order valence-corrected chi connectivity index (χ0v) is 7.77. The van der Waals surface area contributed by atoms with Crippen LogP contribution in [0.3, 0.4) is 0 Å². The van der Waals surface area contributed by atoms with Gasteiger partial charge in [0.15, 0.2) is 0 Å². The Morgan fingerprint density at radius 2 is 2.50 bits per heavy atom. The Bertz CT molecular complexity index is 364. The average molecular weight is 192 g/mol. The van der Waals surface area contributed by atoms with E-state index in [1.165, 1.54) is 0 Å². The summed E-state index contributed by atoms with van der Waals surface area (Å²) in [6.45, 7) is 0. The van der Waals surface area contributed by atoms with Crippen LogP contribution in [-0.4, -0.2) is 11.1 Å². The van der Waals surface area contributed by atoms with Crippen LogP contribution < -0.4 is 0 Å². The molecule has 3 atom stereocenters. The maximum Gasteiger partial charge on any atom is 0.307 e. The Morgan fingerprint density at radius 3 is 3.07 bits per heavy atom. The molecule has 0 spiro atoms. The standard InChI is InChI=1S/C11H12O3/c12-10(13)9-7-3-4-11(9,6-7)8-2-1-5-14-8/h1-2,5,7,9H,3-4,6H2,(H,12,13). The molecule has 0 aliphatic heterocycles. The van der Waals surface area contributed by atoms with E-state index in [1.807, 2.05) is 12.1 Å². The zero-order chi connectivity index (χ0) is 9.76. The maximum absolute atomic E-state index is 11.1. The van der Waals surface area contributed by atoms with Gasteiger partial charge >= 0.3 is 5.97 Å². The van der Waals surface area contributed by atoms with Gasteiger partial charge in [0, 0.05) is 5.41 Å². The van der Waals surface area contributed by atoms with E-state index < -0.39 is 5.97 Å². The van der Waals surface area contributed by atoms with Crippen LogP contribution in [0.2, 0.25) is 0 Å². The number of carbonyl (C=O) groups is 1. The Morgan fingerprint density at radius 1 is 1.64 bits per heavy atom. The molecule has 4 rings (SSSR count). The highest BCUT2D eigenvalue weighted by molar-refractivity contribution is 5.75. The summed E-state index contributed by atoms with van der Waals surface area (Å²) in [5.41, 5.74) is -0.167. The molecule has 0 aromatic carbocycles. The summed E-state index contributed by atoms with van der Waals surface area (Å²) in [5.74, 6) is 0.403. The first-order valence-electron chi connectivity index (χ1n) is 5.01. The van der Waals surface area contributed by atoms with Gasteiger partial charge in [-0.05, 0) is 37.3 Å². The number of hydrogen-bond acceptors (Lipinski definition) is 2. The highest BCUT2D eigenvalue weighted by atomic mass is 16.4. The van der Waals surface area contributed by atoms with Gasteiger partial charge in [-0.1, -0.05) is 0 Å². The SMILES string of the molecule is O=C(O)C1C2CCC1(c1ccco1)C2. The molecule has 3 aliphatic rings. The highest BCUT2D eigenvalue weighted by Gasteiger charge is 2.64. The van der Waals surface area contributed by atoms with Gasteiger partial charge in [0.25, 0.3) is 0 Å². The largest absolute Gasteiger partial charge is 0.481 e. The van der Waals surface area contributed by atoms with Gasteiger partial charge in [-0.2, -0.15) is 0 Å². The second-order valence-corrected chi connectivity index (χ2v) is 4.45. The number of carboxylic acids is 1. The molecule has 14 heavy (non-hydrogen) atoms. The lowest BCUT2D eigenvalue weighted by atomic mass is 9.59. The van der Waals surface area contributed by atoms with Gasteiger partial charge in [0.1, 0.15) is 5.76 Å². The Labute approximate surface area is 81.7 Å². The van der Waals surface area contributed by atoms with Crippen molar-refractivity contribution in [3.63, 3.8) is 0 Å². The third-order valence-corrected chi connectivity index (χ3v) is 3.93. The van der Waals surface area contributed by atoms with Gasteiger partial charge in [0.05, 0.1) is 12.2 Å². The third-order valence-electron chi connectivity index (χ3n) is 3.93. The molecule has 1 aromatic rings. The summed E-state index contributed by atoms with van der Waals surface area (Å²) < 4.78 is 5.38. The number of fused-ring (bicyclic) bond motifs is 1. The fourth-order valence-electron chi connectivity index (χ4n) is 3.35. The number of hydrogen-bond donors (Lipinski definition) is 1. The summed E-state index contributed by atoms with van der Waals surface area (Å²) in [6.07, 6.45) is 4.64. The van der Waals surface area contributed by atoms with Crippen molar-refractivity contribution in [3.8, 4) is 0 Å². The lowest BCUT2D eigenvalue weighted by Gasteiger charge is -2.43. The fourth-order valence-corrected chi connectivity index (χ4v) is 3.35. The van der Waals surface area contributed by atoms with Crippen LogP contribution in [0.25, 0.3) is 0 Å². The Hall–Kier alpha value is -1.25. The first-order chi connectivity index (χ1) is 6.74. The molecule has 3 aliphatic carbocycles. The quantitative estimate of drug-likeness (QED) is 0.780. The van der Waals surface area contributed by atoms with E-state index in [2.05, 4.69) is 0 Å². The maximum atomic E-state index is 11.1. The van der Waals surface area contributed by atoms with Crippen molar-refractivity contribution in [1.29, 1.82) is 0 Å². The first kappa shape index (κ1) is 8.09. The fraction of sp³-hybridized carbons (Fsp3) is 0.545. The predicted octanol–water partition coefficient (Wildman–Crippen LogP) is 2.03. The smallest absolute Gasteiger partial charge is 0.307 e. The molecule has 3 unspecified atom stereocenters. The second-order valence-electron chi connectivity index (χ2n) is 4.45. The van der Waals surface area contributed by atoms with E-state index in [0.29, 0.717) is 5.92 Å². The van der Waals surface area contributed by atoms with E-state index in [-0.39, 0.29) is 11.3 Å². The van der Waals surface area contributed by atoms with E-state index in [1.54, 1.807) is 6.26 Å². The minimum absolute atomic E-state index is 0.167. The molecule has 74 valence electrons. The minimum Gasteiger partial charge on any atom is -0.481 e. The topological polar surface area (TPSA) is 50.4 Å². The average Bonchev–Trinajstić information content (AvgIpc) is 2.77. The molecule has 3 saturated carbocycles. The molecule has 3 fully saturated rings. The molecule has 1 N–H and O–H groups in total. The monoisotopic (exact) mass is 192 g/mol. The number of rotatable bonds is 2. The van der Waals surface area contributed by atoms with Crippen molar-refractivity contribution < 1.29 is 14.3 Å². The number of aliphatic carboxylic acids is 1. The molecule has 0 amide bonds. The van der Waals surface area contributed by atoms with Crippen molar-refractivity contribution >= 4 is 5.97 Å². The van der Waals surface area contributed by atoms with Crippen molar-refractivity contribution in [2.45, 2.75) is 24.7 Å².